The number of unbranched alkanes of at least 4 members (excludes halogenated alkanes) is 1. The van der Waals surface area contributed by atoms with Gasteiger partial charge >= 0.3 is 5.97 Å². The molecule has 2 aromatic rings. The van der Waals surface area contributed by atoms with Crippen LogP contribution in [0.2, 0.25) is 0 Å². The molecule has 36 heavy (non-hydrogen) atoms. The molecule has 1 saturated carbocycles. The Morgan fingerprint density at radius 1 is 1.06 bits per heavy atom. The zero-order valence-corrected chi connectivity index (χ0v) is 22.6. The summed E-state index contributed by atoms with van der Waals surface area (Å²) < 4.78 is 23.2. The highest BCUT2D eigenvalue weighted by molar-refractivity contribution is 5.95. The normalized spacial score (nSPS) is 23.4. The van der Waals surface area contributed by atoms with Crippen LogP contribution in [0.25, 0.3) is 10.8 Å². The number of rotatable bonds is 12. The van der Waals surface area contributed by atoms with Crippen LogP contribution in [0.4, 0.5) is 0 Å². The zero-order chi connectivity index (χ0) is 25.5. The Morgan fingerprint density at radius 3 is 2.53 bits per heavy atom. The molecule has 0 N–H and O–H groups in total. The van der Waals surface area contributed by atoms with E-state index in [9.17, 15) is 4.79 Å². The van der Waals surface area contributed by atoms with E-state index >= 15 is 0 Å². The molecule has 198 valence electrons. The van der Waals surface area contributed by atoms with Gasteiger partial charge in [0, 0.05) is 12.0 Å². The van der Waals surface area contributed by atoms with Gasteiger partial charge in [-0.3, -0.25) is 0 Å². The van der Waals surface area contributed by atoms with Gasteiger partial charge in [-0.1, -0.05) is 46.2 Å². The third-order valence-electron chi connectivity index (χ3n) is 8.19. The van der Waals surface area contributed by atoms with E-state index in [4.69, 9.17) is 18.9 Å². The fraction of sp³-hybridized carbons (Fsp3) is 0.645. The summed E-state index contributed by atoms with van der Waals surface area (Å²) in [5.74, 6) is 2.22. The molecule has 2 aromatic carbocycles. The smallest absolute Gasteiger partial charge is 0.338 e. The van der Waals surface area contributed by atoms with E-state index in [1.807, 2.05) is 36.4 Å². The number of esters is 1. The highest BCUT2D eigenvalue weighted by Gasteiger charge is 2.37. The summed E-state index contributed by atoms with van der Waals surface area (Å²) in [4.78, 5) is 13.0. The Labute approximate surface area is 216 Å². The summed E-state index contributed by atoms with van der Waals surface area (Å²) in [6, 6.07) is 11.8. The maximum absolute atomic E-state index is 13.0. The van der Waals surface area contributed by atoms with Crippen LogP contribution in [0.15, 0.2) is 36.4 Å². The Morgan fingerprint density at radius 2 is 1.81 bits per heavy atom. The SMILES string of the molecule is CCC1(COCCCCOc2ccc3cc(C(=O)OC4CC(C)CCC4C(C)C)ccc3c2)COC1. The number of hydrogen-bond donors (Lipinski definition) is 0. The van der Waals surface area contributed by atoms with Gasteiger partial charge in [-0.2, -0.15) is 0 Å². The second kappa shape index (κ2) is 12.4. The van der Waals surface area contributed by atoms with Gasteiger partial charge in [-0.05, 0) is 84.9 Å². The van der Waals surface area contributed by atoms with E-state index in [0.29, 0.717) is 29.9 Å². The van der Waals surface area contributed by atoms with Crippen LogP contribution in [-0.4, -0.2) is 45.1 Å². The lowest BCUT2D eigenvalue weighted by atomic mass is 9.75. The van der Waals surface area contributed by atoms with Crippen molar-refractivity contribution >= 4 is 16.7 Å². The van der Waals surface area contributed by atoms with Crippen LogP contribution < -0.4 is 4.74 Å². The average molecular weight is 497 g/mol. The average Bonchev–Trinajstić information content (AvgIpc) is 2.84. The van der Waals surface area contributed by atoms with Gasteiger partial charge < -0.3 is 18.9 Å². The van der Waals surface area contributed by atoms with Gasteiger partial charge in [0.15, 0.2) is 0 Å². The molecular weight excluding hydrogens is 452 g/mol. The van der Waals surface area contributed by atoms with E-state index in [0.717, 1.165) is 75.1 Å². The van der Waals surface area contributed by atoms with E-state index in [2.05, 4.69) is 27.7 Å². The van der Waals surface area contributed by atoms with Crippen molar-refractivity contribution in [2.45, 2.75) is 72.3 Å². The van der Waals surface area contributed by atoms with Crippen LogP contribution in [0.3, 0.4) is 0 Å². The van der Waals surface area contributed by atoms with Gasteiger partial charge in [0.05, 0.1) is 32.0 Å². The highest BCUT2D eigenvalue weighted by atomic mass is 16.5. The van der Waals surface area contributed by atoms with E-state index < -0.39 is 0 Å². The minimum Gasteiger partial charge on any atom is -0.494 e. The van der Waals surface area contributed by atoms with Crippen molar-refractivity contribution in [3.8, 4) is 5.75 Å². The molecule has 1 aliphatic heterocycles. The Bertz CT molecular complexity index is 990. The number of benzene rings is 2. The lowest BCUT2D eigenvalue weighted by Crippen LogP contribution is -2.45. The van der Waals surface area contributed by atoms with Crippen molar-refractivity contribution < 1.29 is 23.7 Å². The molecule has 0 spiro atoms. The molecule has 5 heteroatoms. The van der Waals surface area contributed by atoms with Crippen molar-refractivity contribution in [2.24, 2.45) is 23.2 Å². The first-order chi connectivity index (χ1) is 17.4. The molecule has 2 aliphatic rings. The minimum atomic E-state index is -0.209. The maximum Gasteiger partial charge on any atom is 0.338 e. The number of hydrogen-bond acceptors (Lipinski definition) is 5. The van der Waals surface area contributed by atoms with Crippen LogP contribution in [0, 0.1) is 23.2 Å². The molecule has 2 fully saturated rings. The standard InChI is InChI=1S/C31H44O5/c1-5-31(20-34-21-31)19-33-14-6-7-15-35-27-12-11-24-17-26(10-9-25(24)18-27)30(32)36-29-16-23(4)8-13-28(29)22(2)3/h9-12,17-18,22-23,28-29H,5-8,13-16,19-21H2,1-4H3. The summed E-state index contributed by atoms with van der Waals surface area (Å²) >= 11 is 0. The lowest BCUT2D eigenvalue weighted by Gasteiger charge is -2.40. The van der Waals surface area contributed by atoms with E-state index in [1.54, 1.807) is 0 Å². The van der Waals surface area contributed by atoms with E-state index in [1.165, 1.54) is 6.42 Å². The van der Waals surface area contributed by atoms with Gasteiger partial charge in [-0.25, -0.2) is 4.79 Å². The molecule has 1 saturated heterocycles. The zero-order valence-electron chi connectivity index (χ0n) is 22.6. The first kappa shape index (κ1) is 26.9. The van der Waals surface area contributed by atoms with Gasteiger partial charge in [0.2, 0.25) is 0 Å². The maximum atomic E-state index is 13.0. The molecule has 0 amide bonds. The van der Waals surface area contributed by atoms with Crippen LogP contribution >= 0.6 is 0 Å². The van der Waals surface area contributed by atoms with Crippen LogP contribution in [-0.2, 0) is 14.2 Å². The highest BCUT2D eigenvalue weighted by Crippen LogP contribution is 2.36. The van der Waals surface area contributed by atoms with Gasteiger partial charge in [-0.15, -0.1) is 0 Å². The molecule has 0 radical (unpaired) electrons. The van der Waals surface area contributed by atoms with Gasteiger partial charge in [0.25, 0.3) is 0 Å². The third-order valence-corrected chi connectivity index (χ3v) is 8.19. The molecule has 1 aliphatic carbocycles. The summed E-state index contributed by atoms with van der Waals surface area (Å²) in [5.41, 5.74) is 0.874. The number of carbonyl (C=O) groups excluding carboxylic acids is 1. The van der Waals surface area contributed by atoms with E-state index in [-0.39, 0.29) is 17.5 Å². The molecule has 3 unspecified atom stereocenters. The second-order valence-electron chi connectivity index (χ2n) is 11.4. The van der Waals surface area contributed by atoms with Crippen LogP contribution in [0.1, 0.15) is 76.6 Å². The molecule has 1 heterocycles. The predicted octanol–water partition coefficient (Wildman–Crippen LogP) is 7.06. The first-order valence-electron chi connectivity index (χ1n) is 13.9. The molecule has 4 rings (SSSR count). The minimum absolute atomic E-state index is 0.0121. The van der Waals surface area contributed by atoms with Crippen LogP contribution in [0.5, 0.6) is 5.75 Å². The Kier molecular flexibility index (Phi) is 9.30. The van der Waals surface area contributed by atoms with Crippen molar-refractivity contribution in [3.63, 3.8) is 0 Å². The third kappa shape index (κ3) is 6.80. The van der Waals surface area contributed by atoms with Crippen molar-refractivity contribution in [1.82, 2.24) is 0 Å². The fourth-order valence-corrected chi connectivity index (χ4v) is 5.46. The summed E-state index contributed by atoms with van der Waals surface area (Å²) in [7, 11) is 0. The van der Waals surface area contributed by atoms with Crippen molar-refractivity contribution in [3.05, 3.63) is 42.0 Å². The quantitative estimate of drug-likeness (QED) is 0.233. The number of carbonyl (C=O) groups is 1. The molecular formula is C31H44O5. The topological polar surface area (TPSA) is 54.0 Å². The Hall–Kier alpha value is -2.11. The summed E-state index contributed by atoms with van der Waals surface area (Å²) in [5, 5.41) is 2.08. The molecule has 5 nitrogen and oxygen atoms in total. The second-order valence-corrected chi connectivity index (χ2v) is 11.4. The predicted molar refractivity (Wildman–Crippen MR) is 144 cm³/mol. The fourth-order valence-electron chi connectivity index (χ4n) is 5.46. The molecule has 3 atom stereocenters. The monoisotopic (exact) mass is 496 g/mol. The van der Waals surface area contributed by atoms with Crippen molar-refractivity contribution in [2.75, 3.05) is 33.0 Å². The number of fused-ring (bicyclic) bond motifs is 1. The molecule has 0 aromatic heterocycles. The number of ether oxygens (including phenoxy) is 4. The molecule has 0 bridgehead atoms. The summed E-state index contributed by atoms with van der Waals surface area (Å²) in [6.07, 6.45) is 6.38. The first-order valence-corrected chi connectivity index (χ1v) is 13.9. The lowest BCUT2D eigenvalue weighted by molar-refractivity contribution is -0.150. The van der Waals surface area contributed by atoms with Gasteiger partial charge in [0.1, 0.15) is 11.9 Å². The van der Waals surface area contributed by atoms with Crippen molar-refractivity contribution in [1.29, 1.82) is 0 Å². The Balaban J connectivity index is 1.24. The summed E-state index contributed by atoms with van der Waals surface area (Å²) in [6.45, 7) is 12.8. The largest absolute Gasteiger partial charge is 0.494 e.